The van der Waals surface area contributed by atoms with Crippen LogP contribution in [-0.2, 0) is 4.79 Å². The molecule has 0 bridgehead atoms. The first-order valence-corrected chi connectivity index (χ1v) is 5.27. The Bertz CT molecular complexity index is 372. The summed E-state index contributed by atoms with van der Waals surface area (Å²) in [6.45, 7) is -0.0918. The van der Waals surface area contributed by atoms with Crippen molar-refractivity contribution in [2.75, 3.05) is 11.9 Å². The first kappa shape index (κ1) is 12.3. The zero-order chi connectivity index (χ0) is 11.4. The maximum absolute atomic E-state index is 10.3. The molecule has 0 radical (unpaired) electrons. The van der Waals surface area contributed by atoms with Gasteiger partial charge in [0.05, 0.1) is 17.3 Å². The third kappa shape index (κ3) is 3.70. The first-order chi connectivity index (χ1) is 7.00. The van der Waals surface area contributed by atoms with Gasteiger partial charge in [0.2, 0.25) is 0 Å². The van der Waals surface area contributed by atoms with Gasteiger partial charge in [-0.2, -0.15) is 0 Å². The molecule has 1 rings (SSSR count). The summed E-state index contributed by atoms with van der Waals surface area (Å²) in [7, 11) is 0. The van der Waals surface area contributed by atoms with E-state index < -0.39 is 12.1 Å². The quantitative estimate of drug-likeness (QED) is 0.794. The smallest absolute Gasteiger partial charge is 0.334 e. The number of benzene rings is 1. The number of carboxylic acids is 1. The molecule has 0 spiro atoms. The van der Waals surface area contributed by atoms with Crippen LogP contribution < -0.4 is 5.32 Å². The van der Waals surface area contributed by atoms with Crippen LogP contribution in [0.3, 0.4) is 0 Å². The lowest BCUT2D eigenvalue weighted by molar-refractivity contribution is -0.145. The van der Waals surface area contributed by atoms with Crippen molar-refractivity contribution in [3.8, 4) is 0 Å². The Balaban J connectivity index is 2.65. The molecular weight excluding hydrogens is 285 g/mol. The number of carbonyl (C=O) groups is 1. The van der Waals surface area contributed by atoms with Gasteiger partial charge >= 0.3 is 5.97 Å². The van der Waals surface area contributed by atoms with Gasteiger partial charge in [0, 0.05) is 4.47 Å². The van der Waals surface area contributed by atoms with E-state index in [4.69, 9.17) is 21.8 Å². The average molecular weight is 295 g/mol. The highest BCUT2D eigenvalue weighted by molar-refractivity contribution is 9.10. The van der Waals surface area contributed by atoms with Crippen LogP contribution >= 0.6 is 27.5 Å². The van der Waals surface area contributed by atoms with E-state index >= 15 is 0 Å². The van der Waals surface area contributed by atoms with E-state index in [2.05, 4.69) is 21.2 Å². The molecule has 0 heterocycles. The van der Waals surface area contributed by atoms with Crippen LogP contribution in [0.2, 0.25) is 5.02 Å². The number of nitrogens with one attached hydrogen (secondary N) is 1. The predicted octanol–water partition coefficient (Wildman–Crippen LogP) is 1.96. The fourth-order valence-corrected chi connectivity index (χ4v) is 1.47. The molecular formula is C9H9BrClNO3. The third-order valence-corrected chi connectivity index (χ3v) is 2.52. The van der Waals surface area contributed by atoms with Crippen LogP contribution in [-0.4, -0.2) is 28.8 Å². The zero-order valence-electron chi connectivity index (χ0n) is 7.58. The van der Waals surface area contributed by atoms with Crippen LogP contribution in [0.1, 0.15) is 0 Å². The summed E-state index contributed by atoms with van der Waals surface area (Å²) in [6, 6.07) is 5.14. The number of aliphatic hydroxyl groups excluding tert-OH is 1. The van der Waals surface area contributed by atoms with Crippen molar-refractivity contribution in [3.63, 3.8) is 0 Å². The second-order valence-electron chi connectivity index (χ2n) is 2.86. The molecule has 0 saturated heterocycles. The Labute approximate surface area is 100.0 Å². The monoisotopic (exact) mass is 293 g/mol. The van der Waals surface area contributed by atoms with Gasteiger partial charge in [-0.15, -0.1) is 0 Å². The van der Waals surface area contributed by atoms with E-state index in [1.165, 1.54) is 0 Å². The molecule has 0 aliphatic carbocycles. The topological polar surface area (TPSA) is 69.6 Å². The van der Waals surface area contributed by atoms with E-state index in [1.54, 1.807) is 18.2 Å². The minimum absolute atomic E-state index is 0.0918. The maximum Gasteiger partial charge on any atom is 0.334 e. The molecule has 1 aromatic rings. The fourth-order valence-electron chi connectivity index (χ4n) is 0.927. The van der Waals surface area contributed by atoms with E-state index in [0.29, 0.717) is 10.7 Å². The highest BCUT2D eigenvalue weighted by Gasteiger charge is 2.12. The Morgan fingerprint density at radius 3 is 2.87 bits per heavy atom. The van der Waals surface area contributed by atoms with Gasteiger partial charge in [0.1, 0.15) is 0 Å². The van der Waals surface area contributed by atoms with Crippen molar-refractivity contribution in [2.45, 2.75) is 6.10 Å². The standard InChI is InChI=1S/C9H9BrClNO3/c10-5-1-2-6(11)7(3-5)12-4-8(13)9(14)15/h1-3,8,12-13H,4H2,(H,14,15). The van der Waals surface area contributed by atoms with Gasteiger partial charge in [-0.3, -0.25) is 0 Å². The van der Waals surface area contributed by atoms with Crippen LogP contribution in [0.4, 0.5) is 5.69 Å². The van der Waals surface area contributed by atoms with Crippen LogP contribution in [0.25, 0.3) is 0 Å². The maximum atomic E-state index is 10.3. The van der Waals surface area contributed by atoms with Crippen molar-refractivity contribution in [1.82, 2.24) is 0 Å². The number of rotatable bonds is 4. The minimum Gasteiger partial charge on any atom is -0.479 e. The summed E-state index contributed by atoms with van der Waals surface area (Å²) in [5.74, 6) is -1.27. The van der Waals surface area contributed by atoms with Gasteiger partial charge in [0.25, 0.3) is 0 Å². The van der Waals surface area contributed by atoms with E-state index in [9.17, 15) is 4.79 Å². The Morgan fingerprint density at radius 1 is 1.60 bits per heavy atom. The predicted molar refractivity (Wildman–Crippen MR) is 61.3 cm³/mol. The molecule has 1 atom stereocenters. The summed E-state index contributed by atoms with van der Waals surface area (Å²) in [4.78, 5) is 10.3. The van der Waals surface area contributed by atoms with Gasteiger partial charge in [-0.05, 0) is 18.2 Å². The molecule has 82 valence electrons. The summed E-state index contributed by atoms with van der Waals surface area (Å²) in [5, 5.41) is 20.7. The molecule has 0 aromatic heterocycles. The summed E-state index contributed by atoms with van der Waals surface area (Å²) in [5.41, 5.74) is 0.575. The van der Waals surface area contributed by atoms with Gasteiger partial charge < -0.3 is 15.5 Å². The van der Waals surface area contributed by atoms with Crippen molar-refractivity contribution in [2.24, 2.45) is 0 Å². The van der Waals surface area contributed by atoms with E-state index in [0.717, 1.165) is 4.47 Å². The Hall–Kier alpha value is -0.780. The third-order valence-electron chi connectivity index (χ3n) is 1.70. The molecule has 0 saturated carbocycles. The average Bonchev–Trinajstić information content (AvgIpc) is 2.18. The Kier molecular flexibility index (Phi) is 4.38. The van der Waals surface area contributed by atoms with E-state index in [1.807, 2.05) is 0 Å². The summed E-state index contributed by atoms with van der Waals surface area (Å²) in [6.07, 6.45) is -1.44. The van der Waals surface area contributed by atoms with Crippen molar-refractivity contribution < 1.29 is 15.0 Å². The molecule has 0 aliphatic heterocycles. The number of aliphatic hydroxyl groups is 1. The summed E-state index contributed by atoms with van der Waals surface area (Å²) >= 11 is 9.10. The van der Waals surface area contributed by atoms with Crippen molar-refractivity contribution >= 4 is 39.2 Å². The second-order valence-corrected chi connectivity index (χ2v) is 4.18. The van der Waals surface area contributed by atoms with Crippen LogP contribution in [0, 0.1) is 0 Å². The highest BCUT2D eigenvalue weighted by atomic mass is 79.9. The number of halogens is 2. The van der Waals surface area contributed by atoms with E-state index in [-0.39, 0.29) is 6.54 Å². The number of carboxylic acid groups (broad SMARTS) is 1. The number of anilines is 1. The molecule has 0 amide bonds. The van der Waals surface area contributed by atoms with Crippen LogP contribution in [0.15, 0.2) is 22.7 Å². The molecule has 0 aliphatic rings. The van der Waals surface area contributed by atoms with Crippen molar-refractivity contribution in [3.05, 3.63) is 27.7 Å². The van der Waals surface area contributed by atoms with Gasteiger partial charge in [-0.1, -0.05) is 27.5 Å². The normalized spacial score (nSPS) is 12.2. The number of hydrogen-bond donors (Lipinski definition) is 3. The lowest BCUT2D eigenvalue weighted by atomic mass is 10.3. The molecule has 15 heavy (non-hydrogen) atoms. The zero-order valence-corrected chi connectivity index (χ0v) is 9.92. The number of aliphatic carboxylic acids is 1. The van der Waals surface area contributed by atoms with Crippen molar-refractivity contribution in [1.29, 1.82) is 0 Å². The lowest BCUT2D eigenvalue weighted by Gasteiger charge is -2.10. The number of hydrogen-bond acceptors (Lipinski definition) is 3. The van der Waals surface area contributed by atoms with Gasteiger partial charge in [0.15, 0.2) is 6.10 Å². The molecule has 1 unspecified atom stereocenters. The van der Waals surface area contributed by atoms with Gasteiger partial charge in [-0.25, -0.2) is 4.79 Å². The molecule has 0 fully saturated rings. The molecule has 6 heteroatoms. The largest absolute Gasteiger partial charge is 0.479 e. The molecule has 1 aromatic carbocycles. The van der Waals surface area contributed by atoms with Crippen LogP contribution in [0.5, 0.6) is 0 Å². The lowest BCUT2D eigenvalue weighted by Crippen LogP contribution is -2.28. The molecule has 3 N–H and O–H groups in total. The molecule has 4 nitrogen and oxygen atoms in total. The first-order valence-electron chi connectivity index (χ1n) is 4.10. The Morgan fingerprint density at radius 2 is 2.27 bits per heavy atom. The fraction of sp³-hybridized carbons (Fsp3) is 0.222. The second kappa shape index (κ2) is 5.34. The summed E-state index contributed by atoms with van der Waals surface area (Å²) < 4.78 is 0.819. The SMILES string of the molecule is O=C(O)C(O)CNc1cc(Br)ccc1Cl. The highest BCUT2D eigenvalue weighted by Crippen LogP contribution is 2.25. The minimum atomic E-state index is -1.44.